The predicted octanol–water partition coefficient (Wildman–Crippen LogP) is 3.52. The van der Waals surface area contributed by atoms with Crippen molar-refractivity contribution in [2.75, 3.05) is 24.9 Å². The Bertz CT molecular complexity index is 989. The number of ether oxygens (including phenoxy) is 2. The largest absolute Gasteiger partial charge is 0.497 e. The lowest BCUT2D eigenvalue weighted by Crippen LogP contribution is -2.16. The Morgan fingerprint density at radius 1 is 0.966 bits per heavy atom. The molecule has 0 aliphatic heterocycles. The van der Waals surface area contributed by atoms with Crippen LogP contribution in [-0.2, 0) is 22.4 Å². The van der Waals surface area contributed by atoms with Crippen LogP contribution in [0.1, 0.15) is 11.3 Å². The minimum Gasteiger partial charge on any atom is -0.497 e. The molecule has 0 radical (unpaired) electrons. The molecule has 0 fully saturated rings. The first kappa shape index (κ1) is 20.3. The van der Waals surface area contributed by atoms with Crippen LogP contribution in [0.5, 0.6) is 11.5 Å². The highest BCUT2D eigenvalue weighted by molar-refractivity contribution is 7.13. The smallest absolute Gasteiger partial charge is 0.230 e. The number of benzene rings is 2. The van der Waals surface area contributed by atoms with E-state index in [1.807, 2.05) is 30.3 Å². The minimum absolute atomic E-state index is 0.0748. The number of hydrogen-bond acceptors (Lipinski definition) is 6. The third kappa shape index (κ3) is 5.79. The van der Waals surface area contributed by atoms with Crippen molar-refractivity contribution in [3.63, 3.8) is 0 Å². The topological polar surface area (TPSA) is 89.5 Å². The molecule has 0 spiro atoms. The fraction of sp³-hybridized carbons (Fsp3) is 0.190. The van der Waals surface area contributed by atoms with Gasteiger partial charge in [-0.3, -0.25) is 9.59 Å². The van der Waals surface area contributed by atoms with Gasteiger partial charge in [0.15, 0.2) is 5.13 Å². The van der Waals surface area contributed by atoms with Gasteiger partial charge < -0.3 is 20.1 Å². The van der Waals surface area contributed by atoms with Gasteiger partial charge in [0.25, 0.3) is 0 Å². The summed E-state index contributed by atoms with van der Waals surface area (Å²) >= 11 is 1.28. The zero-order valence-electron chi connectivity index (χ0n) is 16.1. The molecule has 3 rings (SSSR count). The van der Waals surface area contributed by atoms with E-state index < -0.39 is 0 Å². The third-order valence-corrected chi connectivity index (χ3v) is 4.83. The number of carbonyl (C=O) groups excluding carboxylic acids is 2. The van der Waals surface area contributed by atoms with E-state index in [0.29, 0.717) is 28.0 Å². The van der Waals surface area contributed by atoms with Crippen LogP contribution in [0.25, 0.3) is 0 Å². The Morgan fingerprint density at radius 3 is 2.45 bits per heavy atom. The van der Waals surface area contributed by atoms with E-state index in [2.05, 4.69) is 15.6 Å². The van der Waals surface area contributed by atoms with Gasteiger partial charge in [-0.05, 0) is 17.7 Å². The van der Waals surface area contributed by atoms with Crippen LogP contribution < -0.4 is 20.1 Å². The number of carbonyl (C=O) groups is 2. The zero-order valence-corrected chi connectivity index (χ0v) is 16.9. The van der Waals surface area contributed by atoms with Gasteiger partial charge in [-0.15, -0.1) is 11.3 Å². The van der Waals surface area contributed by atoms with Gasteiger partial charge >= 0.3 is 0 Å². The highest BCUT2D eigenvalue weighted by Gasteiger charge is 2.13. The molecule has 0 bridgehead atoms. The van der Waals surface area contributed by atoms with Crippen molar-refractivity contribution >= 4 is 34.0 Å². The first-order valence-electron chi connectivity index (χ1n) is 8.87. The second-order valence-electron chi connectivity index (χ2n) is 6.15. The molecule has 0 unspecified atom stereocenters. The summed E-state index contributed by atoms with van der Waals surface area (Å²) in [5, 5.41) is 7.78. The molecular weight excluding hydrogens is 390 g/mol. The van der Waals surface area contributed by atoms with E-state index in [9.17, 15) is 9.59 Å². The van der Waals surface area contributed by atoms with Crippen LogP contribution in [-0.4, -0.2) is 31.0 Å². The lowest BCUT2D eigenvalue weighted by Gasteiger charge is -2.11. The number of rotatable bonds is 8. The molecule has 1 aromatic heterocycles. The number of amides is 2. The number of aromatic nitrogens is 1. The van der Waals surface area contributed by atoms with Crippen molar-refractivity contribution in [2.24, 2.45) is 0 Å². The fourth-order valence-electron chi connectivity index (χ4n) is 2.66. The zero-order chi connectivity index (χ0) is 20.6. The normalized spacial score (nSPS) is 10.3. The molecular formula is C21H21N3O4S. The molecule has 2 amide bonds. The van der Waals surface area contributed by atoms with Crippen LogP contribution in [0.15, 0.2) is 53.9 Å². The number of nitrogens with zero attached hydrogens (tertiary/aromatic N) is 1. The number of methoxy groups -OCH3 is 2. The molecule has 0 atom stereocenters. The van der Waals surface area contributed by atoms with E-state index in [4.69, 9.17) is 9.47 Å². The van der Waals surface area contributed by atoms with Crippen molar-refractivity contribution in [1.82, 2.24) is 4.98 Å². The molecule has 1 heterocycles. The first-order chi connectivity index (χ1) is 14.1. The van der Waals surface area contributed by atoms with Gasteiger partial charge in [-0.2, -0.15) is 0 Å². The molecule has 2 aromatic carbocycles. The number of thiazole rings is 1. The van der Waals surface area contributed by atoms with Crippen LogP contribution in [0.2, 0.25) is 0 Å². The molecule has 0 saturated heterocycles. The summed E-state index contributed by atoms with van der Waals surface area (Å²) in [6, 6.07) is 14.6. The average molecular weight is 411 g/mol. The van der Waals surface area contributed by atoms with Gasteiger partial charge in [-0.1, -0.05) is 30.3 Å². The second kappa shape index (κ2) is 9.70. The van der Waals surface area contributed by atoms with Crippen LogP contribution in [0.4, 0.5) is 10.8 Å². The average Bonchev–Trinajstić information content (AvgIpc) is 3.14. The summed E-state index contributed by atoms with van der Waals surface area (Å²) < 4.78 is 10.4. The Balaban J connectivity index is 1.57. The molecule has 29 heavy (non-hydrogen) atoms. The van der Waals surface area contributed by atoms with Crippen molar-refractivity contribution in [1.29, 1.82) is 0 Å². The van der Waals surface area contributed by atoms with E-state index >= 15 is 0 Å². The lowest BCUT2D eigenvalue weighted by molar-refractivity contribution is -0.116. The SMILES string of the molecule is COc1ccc(OC)c(NC(=O)Cc2csc(NC(=O)Cc3ccccc3)n2)c1. The maximum absolute atomic E-state index is 12.4. The van der Waals surface area contributed by atoms with Crippen molar-refractivity contribution in [3.8, 4) is 11.5 Å². The van der Waals surface area contributed by atoms with Crippen molar-refractivity contribution in [3.05, 3.63) is 65.2 Å². The minimum atomic E-state index is -0.246. The number of hydrogen-bond donors (Lipinski definition) is 2. The van der Waals surface area contributed by atoms with Gasteiger partial charge in [0.2, 0.25) is 11.8 Å². The summed E-state index contributed by atoms with van der Waals surface area (Å²) in [4.78, 5) is 28.8. The van der Waals surface area contributed by atoms with Gasteiger partial charge in [0.1, 0.15) is 11.5 Å². The molecule has 8 heteroatoms. The Labute approximate surface area is 172 Å². The molecule has 150 valence electrons. The Kier molecular flexibility index (Phi) is 6.80. The quantitative estimate of drug-likeness (QED) is 0.592. The van der Waals surface area contributed by atoms with Crippen LogP contribution in [0, 0.1) is 0 Å². The van der Waals surface area contributed by atoms with Crippen molar-refractivity contribution in [2.45, 2.75) is 12.8 Å². The summed E-state index contributed by atoms with van der Waals surface area (Å²) in [6.45, 7) is 0. The monoisotopic (exact) mass is 411 g/mol. The molecule has 7 nitrogen and oxygen atoms in total. The third-order valence-electron chi connectivity index (χ3n) is 4.03. The molecule has 3 aromatic rings. The number of nitrogens with one attached hydrogen (secondary N) is 2. The van der Waals surface area contributed by atoms with Gasteiger partial charge in [-0.25, -0.2) is 4.98 Å². The van der Waals surface area contributed by atoms with Gasteiger partial charge in [0, 0.05) is 11.4 Å². The van der Waals surface area contributed by atoms with Crippen LogP contribution >= 0.6 is 11.3 Å². The van der Waals surface area contributed by atoms with Crippen LogP contribution in [0.3, 0.4) is 0 Å². The lowest BCUT2D eigenvalue weighted by atomic mass is 10.1. The van der Waals surface area contributed by atoms with E-state index in [1.165, 1.54) is 18.4 Å². The standard InChI is InChI=1S/C21H21N3O4S/c1-27-16-8-9-18(28-2)17(12-16)23-20(26)11-15-13-29-21(22-15)24-19(25)10-14-6-4-3-5-7-14/h3-9,12-13H,10-11H2,1-2H3,(H,23,26)(H,22,24,25). The van der Waals surface area contributed by atoms with E-state index in [1.54, 1.807) is 30.7 Å². The Hall–Kier alpha value is -3.39. The predicted molar refractivity (Wildman–Crippen MR) is 113 cm³/mol. The molecule has 0 saturated carbocycles. The van der Waals surface area contributed by atoms with E-state index in [-0.39, 0.29) is 24.7 Å². The maximum Gasteiger partial charge on any atom is 0.230 e. The van der Waals surface area contributed by atoms with Crippen molar-refractivity contribution < 1.29 is 19.1 Å². The molecule has 0 aliphatic rings. The van der Waals surface area contributed by atoms with E-state index in [0.717, 1.165) is 5.56 Å². The number of anilines is 2. The highest BCUT2D eigenvalue weighted by Crippen LogP contribution is 2.29. The van der Waals surface area contributed by atoms with Gasteiger partial charge in [0.05, 0.1) is 38.4 Å². The molecule has 2 N–H and O–H groups in total. The first-order valence-corrected chi connectivity index (χ1v) is 9.75. The summed E-state index contributed by atoms with van der Waals surface area (Å²) in [5.74, 6) is 0.746. The fourth-order valence-corrected chi connectivity index (χ4v) is 3.39. The molecule has 0 aliphatic carbocycles. The summed E-state index contributed by atoms with van der Waals surface area (Å²) in [6.07, 6.45) is 0.345. The summed E-state index contributed by atoms with van der Waals surface area (Å²) in [5.41, 5.74) is 2.02. The Morgan fingerprint density at radius 2 is 1.72 bits per heavy atom. The summed E-state index contributed by atoms with van der Waals surface area (Å²) in [7, 11) is 3.08. The highest BCUT2D eigenvalue weighted by atomic mass is 32.1. The second-order valence-corrected chi connectivity index (χ2v) is 7.00. The maximum atomic E-state index is 12.4.